The summed E-state index contributed by atoms with van der Waals surface area (Å²) < 4.78 is 16.3. The maximum atomic E-state index is 12.1. The van der Waals surface area contributed by atoms with Crippen LogP contribution in [0.15, 0.2) is 42.5 Å². The van der Waals surface area contributed by atoms with Crippen LogP contribution in [-0.2, 0) is 9.53 Å². The van der Waals surface area contributed by atoms with E-state index in [1.54, 1.807) is 25.3 Å². The van der Waals surface area contributed by atoms with Crippen molar-refractivity contribution < 1.29 is 19.0 Å². The van der Waals surface area contributed by atoms with Gasteiger partial charge in [-0.15, -0.1) is 0 Å². The summed E-state index contributed by atoms with van der Waals surface area (Å²) in [4.78, 5) is 12.1. The number of carbonyl (C=O) groups is 1. The summed E-state index contributed by atoms with van der Waals surface area (Å²) in [6.45, 7) is 1.50. The fourth-order valence-corrected chi connectivity index (χ4v) is 3.02. The third kappa shape index (κ3) is 5.77. The van der Waals surface area contributed by atoms with Crippen LogP contribution in [0.3, 0.4) is 0 Å². The number of methoxy groups -OCH3 is 1. The minimum absolute atomic E-state index is 0.125. The van der Waals surface area contributed by atoms with E-state index in [1.807, 2.05) is 24.3 Å². The number of amides is 1. The molecule has 0 spiro atoms. The normalized spacial score (nSPS) is 16.0. The van der Waals surface area contributed by atoms with Crippen molar-refractivity contribution in [2.45, 2.75) is 18.9 Å². The molecule has 0 aliphatic carbocycles. The zero-order chi connectivity index (χ0) is 19.1. The monoisotopic (exact) mass is 390 g/mol. The molecule has 0 radical (unpaired) electrons. The standard InChI is InChI=1S/C20H23ClN2O4/c1-25-19-9-6-15(11-18(19)21)22-12-20(24)23-14-4-7-16(8-5-14)27-13-17-3-2-10-26-17/h4-9,11,17,22H,2-3,10,12-13H2,1H3,(H,23,24). The number of anilines is 2. The van der Waals surface area contributed by atoms with E-state index in [2.05, 4.69) is 10.6 Å². The first-order valence-electron chi connectivity index (χ1n) is 8.86. The summed E-state index contributed by atoms with van der Waals surface area (Å²) in [5.74, 6) is 1.19. The molecule has 1 atom stereocenters. The fourth-order valence-electron chi connectivity index (χ4n) is 2.76. The SMILES string of the molecule is COc1ccc(NCC(=O)Nc2ccc(OCC3CCCO3)cc2)cc1Cl. The Kier molecular flexibility index (Phi) is 6.79. The molecule has 2 aromatic carbocycles. The van der Waals surface area contributed by atoms with Crippen LogP contribution in [0.5, 0.6) is 11.5 Å². The third-order valence-electron chi connectivity index (χ3n) is 4.20. The molecule has 1 unspecified atom stereocenters. The van der Waals surface area contributed by atoms with E-state index in [0.717, 1.165) is 30.9 Å². The predicted molar refractivity (Wildman–Crippen MR) is 106 cm³/mol. The molecule has 2 aromatic rings. The predicted octanol–water partition coefficient (Wildman–Crippen LogP) is 3.96. The lowest BCUT2D eigenvalue weighted by atomic mass is 10.2. The lowest BCUT2D eigenvalue weighted by Crippen LogP contribution is -2.21. The summed E-state index contributed by atoms with van der Waals surface area (Å²) >= 11 is 6.07. The van der Waals surface area contributed by atoms with Gasteiger partial charge in [0.2, 0.25) is 5.91 Å². The van der Waals surface area contributed by atoms with Gasteiger partial charge in [0.15, 0.2) is 0 Å². The Hall–Kier alpha value is -2.44. The molecule has 7 heteroatoms. The quantitative estimate of drug-likeness (QED) is 0.714. The summed E-state index contributed by atoms with van der Waals surface area (Å²) in [7, 11) is 1.56. The molecule has 1 fully saturated rings. The Labute approximate surface area is 163 Å². The van der Waals surface area contributed by atoms with Crippen molar-refractivity contribution >= 4 is 28.9 Å². The minimum Gasteiger partial charge on any atom is -0.495 e. The second kappa shape index (κ2) is 9.48. The topological polar surface area (TPSA) is 68.8 Å². The Morgan fingerprint density at radius 2 is 2.00 bits per heavy atom. The summed E-state index contributed by atoms with van der Waals surface area (Å²) in [5.41, 5.74) is 1.45. The first-order chi connectivity index (χ1) is 13.1. The van der Waals surface area contributed by atoms with Gasteiger partial charge in [0, 0.05) is 18.0 Å². The molecule has 1 amide bonds. The van der Waals surface area contributed by atoms with Crippen LogP contribution in [0.2, 0.25) is 5.02 Å². The van der Waals surface area contributed by atoms with Gasteiger partial charge in [-0.3, -0.25) is 4.79 Å². The number of halogens is 1. The van der Waals surface area contributed by atoms with Crippen LogP contribution in [-0.4, -0.2) is 38.9 Å². The molecule has 144 valence electrons. The fraction of sp³-hybridized carbons (Fsp3) is 0.350. The number of rotatable bonds is 8. The van der Waals surface area contributed by atoms with Gasteiger partial charge in [0.05, 0.1) is 24.8 Å². The molecule has 3 rings (SSSR count). The van der Waals surface area contributed by atoms with E-state index < -0.39 is 0 Å². The highest BCUT2D eigenvalue weighted by Crippen LogP contribution is 2.27. The second-order valence-corrected chi connectivity index (χ2v) is 6.63. The Morgan fingerprint density at radius 3 is 2.67 bits per heavy atom. The van der Waals surface area contributed by atoms with E-state index in [9.17, 15) is 4.79 Å². The number of nitrogens with one attached hydrogen (secondary N) is 2. The number of hydrogen-bond acceptors (Lipinski definition) is 5. The average Bonchev–Trinajstić information content (AvgIpc) is 3.19. The molecule has 27 heavy (non-hydrogen) atoms. The van der Waals surface area contributed by atoms with Crippen molar-refractivity contribution in [1.29, 1.82) is 0 Å². The van der Waals surface area contributed by atoms with Gasteiger partial charge in [-0.1, -0.05) is 11.6 Å². The van der Waals surface area contributed by atoms with Crippen molar-refractivity contribution in [3.63, 3.8) is 0 Å². The molecule has 1 saturated heterocycles. The van der Waals surface area contributed by atoms with Gasteiger partial charge in [-0.05, 0) is 55.3 Å². The van der Waals surface area contributed by atoms with Gasteiger partial charge >= 0.3 is 0 Å². The van der Waals surface area contributed by atoms with Crippen LogP contribution < -0.4 is 20.1 Å². The molecule has 0 bridgehead atoms. The number of carbonyl (C=O) groups excluding carboxylic acids is 1. The molecule has 1 heterocycles. The molecule has 0 aromatic heterocycles. The van der Waals surface area contributed by atoms with Crippen molar-refractivity contribution in [3.05, 3.63) is 47.5 Å². The van der Waals surface area contributed by atoms with E-state index in [4.69, 9.17) is 25.8 Å². The van der Waals surface area contributed by atoms with Crippen LogP contribution >= 0.6 is 11.6 Å². The van der Waals surface area contributed by atoms with Gasteiger partial charge in [-0.25, -0.2) is 0 Å². The highest BCUT2D eigenvalue weighted by molar-refractivity contribution is 6.32. The van der Waals surface area contributed by atoms with Crippen LogP contribution in [0.25, 0.3) is 0 Å². The molecule has 0 saturated carbocycles. The zero-order valence-corrected chi connectivity index (χ0v) is 15.9. The number of ether oxygens (including phenoxy) is 3. The molecule has 6 nitrogen and oxygen atoms in total. The maximum absolute atomic E-state index is 12.1. The molecular weight excluding hydrogens is 368 g/mol. The number of hydrogen-bond donors (Lipinski definition) is 2. The number of benzene rings is 2. The van der Waals surface area contributed by atoms with E-state index in [1.165, 1.54) is 0 Å². The van der Waals surface area contributed by atoms with Gasteiger partial charge in [-0.2, -0.15) is 0 Å². The molecular formula is C20H23ClN2O4. The molecule has 2 N–H and O–H groups in total. The first-order valence-corrected chi connectivity index (χ1v) is 9.23. The van der Waals surface area contributed by atoms with Gasteiger partial charge < -0.3 is 24.8 Å². The third-order valence-corrected chi connectivity index (χ3v) is 4.50. The lowest BCUT2D eigenvalue weighted by molar-refractivity contribution is -0.114. The zero-order valence-electron chi connectivity index (χ0n) is 15.2. The van der Waals surface area contributed by atoms with Crippen LogP contribution in [0.1, 0.15) is 12.8 Å². The van der Waals surface area contributed by atoms with E-state index in [0.29, 0.717) is 23.1 Å². The van der Waals surface area contributed by atoms with Crippen molar-refractivity contribution in [1.82, 2.24) is 0 Å². The second-order valence-electron chi connectivity index (χ2n) is 6.22. The van der Waals surface area contributed by atoms with Crippen LogP contribution in [0, 0.1) is 0 Å². The van der Waals surface area contributed by atoms with Crippen molar-refractivity contribution in [2.75, 3.05) is 37.5 Å². The molecule has 1 aliphatic heterocycles. The van der Waals surface area contributed by atoms with Crippen molar-refractivity contribution in [2.24, 2.45) is 0 Å². The highest BCUT2D eigenvalue weighted by Gasteiger charge is 2.15. The average molecular weight is 391 g/mol. The van der Waals surface area contributed by atoms with Crippen LogP contribution in [0.4, 0.5) is 11.4 Å². The Bertz CT molecular complexity index is 761. The van der Waals surface area contributed by atoms with E-state index in [-0.39, 0.29) is 18.6 Å². The summed E-state index contributed by atoms with van der Waals surface area (Å²) in [5, 5.41) is 6.35. The van der Waals surface area contributed by atoms with Gasteiger partial charge in [0.25, 0.3) is 0 Å². The largest absolute Gasteiger partial charge is 0.495 e. The maximum Gasteiger partial charge on any atom is 0.243 e. The summed E-state index contributed by atoms with van der Waals surface area (Å²) in [6.07, 6.45) is 2.32. The first kappa shape index (κ1) is 19.3. The Balaban J connectivity index is 1.44. The minimum atomic E-state index is -0.157. The smallest absolute Gasteiger partial charge is 0.243 e. The summed E-state index contributed by atoms with van der Waals surface area (Å²) in [6, 6.07) is 12.6. The lowest BCUT2D eigenvalue weighted by Gasteiger charge is -2.12. The highest BCUT2D eigenvalue weighted by atomic mass is 35.5. The molecule has 1 aliphatic rings. The Morgan fingerprint density at radius 1 is 1.22 bits per heavy atom. The van der Waals surface area contributed by atoms with Crippen molar-refractivity contribution in [3.8, 4) is 11.5 Å². The van der Waals surface area contributed by atoms with E-state index >= 15 is 0 Å². The van der Waals surface area contributed by atoms with Gasteiger partial charge in [0.1, 0.15) is 18.1 Å².